The highest BCUT2D eigenvalue weighted by Crippen LogP contribution is 2.17. The highest BCUT2D eigenvalue weighted by Gasteiger charge is 2.19. The summed E-state index contributed by atoms with van der Waals surface area (Å²) < 4.78 is 5.01. The van der Waals surface area contributed by atoms with Crippen molar-refractivity contribution in [3.8, 4) is 0 Å². The first-order valence-corrected chi connectivity index (χ1v) is 8.35. The number of nitro groups is 1. The molecule has 0 bridgehead atoms. The third kappa shape index (κ3) is 5.78. The van der Waals surface area contributed by atoms with Gasteiger partial charge in [-0.15, -0.1) is 0 Å². The van der Waals surface area contributed by atoms with Crippen LogP contribution in [0.4, 0.5) is 11.4 Å². The van der Waals surface area contributed by atoms with Gasteiger partial charge in [0.05, 0.1) is 4.92 Å². The van der Waals surface area contributed by atoms with Crippen molar-refractivity contribution in [2.75, 3.05) is 11.5 Å². The maximum atomic E-state index is 12.4. The zero-order valence-electron chi connectivity index (χ0n) is 15.1. The molecule has 0 aliphatic rings. The number of para-hydroxylation sites is 1. The van der Waals surface area contributed by atoms with Crippen LogP contribution in [0.3, 0.4) is 0 Å². The molecular weight excluding hydrogens is 348 g/mol. The number of nitro benzene ring substituents is 1. The lowest BCUT2D eigenvalue weighted by atomic mass is 10.2. The molecule has 0 atom stereocenters. The Morgan fingerprint density at radius 1 is 1.15 bits per heavy atom. The minimum atomic E-state index is -0.702. The van der Waals surface area contributed by atoms with Gasteiger partial charge < -0.3 is 9.64 Å². The Morgan fingerprint density at radius 3 is 2.48 bits per heavy atom. The average Bonchev–Trinajstić information content (AvgIpc) is 2.65. The van der Waals surface area contributed by atoms with Crippen molar-refractivity contribution < 1.29 is 19.2 Å². The van der Waals surface area contributed by atoms with Crippen molar-refractivity contribution in [2.24, 2.45) is 0 Å². The van der Waals surface area contributed by atoms with Gasteiger partial charge in [0.25, 0.3) is 11.6 Å². The van der Waals surface area contributed by atoms with Gasteiger partial charge in [0.15, 0.2) is 6.61 Å². The number of carbonyl (C=O) groups excluding carboxylic acids is 2. The van der Waals surface area contributed by atoms with Crippen LogP contribution in [0.15, 0.2) is 60.7 Å². The Labute approximate surface area is 157 Å². The van der Waals surface area contributed by atoms with Crippen LogP contribution >= 0.6 is 0 Å². The van der Waals surface area contributed by atoms with Gasteiger partial charge >= 0.3 is 5.97 Å². The van der Waals surface area contributed by atoms with E-state index in [1.54, 1.807) is 11.0 Å². The van der Waals surface area contributed by atoms with Crippen molar-refractivity contribution in [3.63, 3.8) is 0 Å². The molecule has 7 heteroatoms. The molecule has 0 saturated heterocycles. The molecule has 140 valence electrons. The van der Waals surface area contributed by atoms with E-state index >= 15 is 0 Å². The molecule has 1 amide bonds. The highest BCUT2D eigenvalue weighted by atomic mass is 16.6. The second-order valence-electron chi connectivity index (χ2n) is 5.99. The van der Waals surface area contributed by atoms with Gasteiger partial charge in [0.1, 0.15) is 0 Å². The van der Waals surface area contributed by atoms with Crippen molar-refractivity contribution in [3.05, 3.63) is 76.4 Å². The van der Waals surface area contributed by atoms with E-state index in [1.807, 2.05) is 44.2 Å². The monoisotopic (exact) mass is 368 g/mol. The molecule has 27 heavy (non-hydrogen) atoms. The summed E-state index contributed by atoms with van der Waals surface area (Å²) in [7, 11) is 0. The zero-order valence-corrected chi connectivity index (χ0v) is 15.1. The van der Waals surface area contributed by atoms with Crippen molar-refractivity contribution in [2.45, 2.75) is 19.9 Å². The van der Waals surface area contributed by atoms with Crippen LogP contribution in [0, 0.1) is 10.1 Å². The lowest BCUT2D eigenvalue weighted by Gasteiger charge is -2.26. The number of nitrogens with zero attached hydrogens (tertiary/aromatic N) is 2. The minimum absolute atomic E-state index is 0.0730. The van der Waals surface area contributed by atoms with E-state index in [-0.39, 0.29) is 17.6 Å². The molecular formula is C20H20N2O5. The Balaban J connectivity index is 1.97. The van der Waals surface area contributed by atoms with E-state index in [0.717, 1.165) is 11.8 Å². The smallest absolute Gasteiger partial charge is 0.331 e. The summed E-state index contributed by atoms with van der Waals surface area (Å²) in [5.74, 6) is -1.04. The van der Waals surface area contributed by atoms with E-state index in [4.69, 9.17) is 4.74 Å². The second kappa shape index (κ2) is 9.28. The fourth-order valence-corrected chi connectivity index (χ4v) is 2.48. The summed E-state index contributed by atoms with van der Waals surface area (Å²) in [4.78, 5) is 36.1. The molecule has 0 unspecified atom stereocenters. The fourth-order valence-electron chi connectivity index (χ4n) is 2.48. The van der Waals surface area contributed by atoms with Crippen molar-refractivity contribution in [1.82, 2.24) is 0 Å². The van der Waals surface area contributed by atoms with E-state index in [1.165, 1.54) is 24.3 Å². The first-order chi connectivity index (χ1) is 12.9. The predicted octanol–water partition coefficient (Wildman–Crippen LogP) is 3.59. The summed E-state index contributed by atoms with van der Waals surface area (Å²) >= 11 is 0. The van der Waals surface area contributed by atoms with Crippen molar-refractivity contribution in [1.29, 1.82) is 0 Å². The number of amides is 1. The van der Waals surface area contributed by atoms with Crippen LogP contribution in [-0.2, 0) is 14.3 Å². The SMILES string of the molecule is CC(C)N(C(=O)COC(=O)/C=C/c1cccc([N+](=O)[O-])c1)c1ccccc1. The summed E-state index contributed by atoms with van der Waals surface area (Å²) in [6.07, 6.45) is 2.53. The number of ether oxygens (including phenoxy) is 1. The van der Waals surface area contributed by atoms with Gasteiger partial charge in [-0.05, 0) is 37.6 Å². The molecule has 0 N–H and O–H groups in total. The number of hydrogen-bond donors (Lipinski definition) is 0. The number of esters is 1. The van der Waals surface area contributed by atoms with Crippen LogP contribution in [0.1, 0.15) is 19.4 Å². The molecule has 0 aliphatic carbocycles. The Bertz CT molecular complexity index is 846. The van der Waals surface area contributed by atoms with E-state index < -0.39 is 17.5 Å². The quantitative estimate of drug-likeness (QED) is 0.322. The van der Waals surface area contributed by atoms with Crippen LogP contribution in [0.2, 0.25) is 0 Å². The summed E-state index contributed by atoms with van der Waals surface area (Å²) in [6, 6.07) is 14.9. The summed E-state index contributed by atoms with van der Waals surface area (Å²) in [5.41, 5.74) is 1.14. The number of carbonyl (C=O) groups is 2. The van der Waals surface area contributed by atoms with Crippen molar-refractivity contribution >= 4 is 29.3 Å². The van der Waals surface area contributed by atoms with Crippen LogP contribution in [0.5, 0.6) is 0 Å². The average molecular weight is 368 g/mol. The van der Waals surface area contributed by atoms with Crippen LogP contribution in [-0.4, -0.2) is 29.4 Å². The second-order valence-corrected chi connectivity index (χ2v) is 5.99. The molecule has 0 fully saturated rings. The summed E-state index contributed by atoms with van der Waals surface area (Å²) in [5, 5.41) is 10.8. The van der Waals surface area contributed by atoms with Gasteiger partial charge in [-0.2, -0.15) is 0 Å². The fraction of sp³-hybridized carbons (Fsp3) is 0.200. The lowest BCUT2D eigenvalue weighted by molar-refractivity contribution is -0.384. The van der Waals surface area contributed by atoms with Gasteiger partial charge in [-0.25, -0.2) is 4.79 Å². The van der Waals surface area contributed by atoms with E-state index in [9.17, 15) is 19.7 Å². The van der Waals surface area contributed by atoms with E-state index in [2.05, 4.69) is 0 Å². The number of hydrogen-bond acceptors (Lipinski definition) is 5. The maximum Gasteiger partial charge on any atom is 0.331 e. The molecule has 0 spiro atoms. The molecule has 0 saturated carbocycles. The zero-order chi connectivity index (χ0) is 19.8. The Kier molecular flexibility index (Phi) is 6.82. The predicted molar refractivity (Wildman–Crippen MR) is 102 cm³/mol. The van der Waals surface area contributed by atoms with Gasteiger partial charge in [0, 0.05) is 29.9 Å². The lowest BCUT2D eigenvalue weighted by Crippen LogP contribution is -2.39. The normalized spacial score (nSPS) is 10.8. The molecule has 2 aromatic rings. The topological polar surface area (TPSA) is 89.8 Å². The molecule has 0 aliphatic heterocycles. The van der Waals surface area contributed by atoms with E-state index in [0.29, 0.717) is 5.56 Å². The number of benzene rings is 2. The highest BCUT2D eigenvalue weighted by molar-refractivity contribution is 5.96. The Hall–Kier alpha value is -3.48. The number of rotatable bonds is 7. The van der Waals surface area contributed by atoms with Gasteiger partial charge in [0.2, 0.25) is 0 Å². The largest absolute Gasteiger partial charge is 0.452 e. The molecule has 0 heterocycles. The number of non-ortho nitro benzene ring substituents is 1. The standard InChI is InChI=1S/C20H20N2O5/c1-15(2)21(17-8-4-3-5-9-17)19(23)14-27-20(24)12-11-16-7-6-10-18(13-16)22(25)26/h3-13,15H,14H2,1-2H3/b12-11+. The minimum Gasteiger partial charge on any atom is -0.452 e. The molecule has 7 nitrogen and oxygen atoms in total. The van der Waals surface area contributed by atoms with Crippen LogP contribution in [0.25, 0.3) is 6.08 Å². The first kappa shape index (κ1) is 19.8. The molecule has 0 radical (unpaired) electrons. The number of anilines is 1. The Morgan fingerprint density at radius 2 is 1.85 bits per heavy atom. The van der Waals surface area contributed by atoms with Gasteiger partial charge in [-0.1, -0.05) is 30.3 Å². The third-order valence-corrected chi connectivity index (χ3v) is 3.65. The maximum absolute atomic E-state index is 12.4. The molecule has 2 rings (SSSR count). The summed E-state index contributed by atoms with van der Waals surface area (Å²) in [6.45, 7) is 3.34. The molecule has 2 aromatic carbocycles. The van der Waals surface area contributed by atoms with Gasteiger partial charge in [-0.3, -0.25) is 14.9 Å². The third-order valence-electron chi connectivity index (χ3n) is 3.65. The molecule has 0 aromatic heterocycles. The van der Waals surface area contributed by atoms with Crippen LogP contribution < -0.4 is 4.90 Å². The first-order valence-electron chi connectivity index (χ1n) is 8.35.